The van der Waals surface area contributed by atoms with E-state index in [1.165, 1.54) is 11.5 Å². The van der Waals surface area contributed by atoms with Gasteiger partial charge in [-0.2, -0.15) is 4.37 Å². The summed E-state index contributed by atoms with van der Waals surface area (Å²) in [6, 6.07) is 0.264. The number of aromatic nitrogens is 1. The number of hydrogen-bond acceptors (Lipinski definition) is 6. The second kappa shape index (κ2) is 6.56. The van der Waals surface area contributed by atoms with Crippen LogP contribution in [0.1, 0.15) is 40.5 Å². The van der Waals surface area contributed by atoms with Crippen LogP contribution >= 0.6 is 11.5 Å². The summed E-state index contributed by atoms with van der Waals surface area (Å²) in [5, 5.41) is 0.683. The van der Waals surface area contributed by atoms with Crippen molar-refractivity contribution in [1.29, 1.82) is 0 Å². The molecule has 0 bridgehead atoms. The lowest BCUT2D eigenvalue weighted by Gasteiger charge is -2.28. The topological polar surface area (TPSA) is 76.3 Å². The van der Waals surface area contributed by atoms with Gasteiger partial charge < -0.3 is 10.6 Å². The summed E-state index contributed by atoms with van der Waals surface area (Å²) in [6.07, 6.45) is 1.52. The third kappa shape index (κ3) is 3.39. The fraction of sp³-hybridized carbons (Fsp3) is 0.750. The third-order valence-electron chi connectivity index (χ3n) is 3.17. The summed E-state index contributed by atoms with van der Waals surface area (Å²) in [5.74, 6) is 0.246. The SMILES string of the molecule is CCCS(=O)(=O)c1c(N)nsc1N(CC)C(C)CC. The minimum Gasteiger partial charge on any atom is -0.382 e. The molecule has 1 aromatic rings. The number of anilines is 2. The van der Waals surface area contributed by atoms with E-state index in [0.717, 1.165) is 13.0 Å². The first-order valence-electron chi connectivity index (χ1n) is 6.63. The molecule has 0 aromatic carbocycles. The van der Waals surface area contributed by atoms with Crippen molar-refractivity contribution in [2.75, 3.05) is 22.9 Å². The quantitative estimate of drug-likeness (QED) is 0.837. The van der Waals surface area contributed by atoms with Crippen LogP contribution < -0.4 is 10.6 Å². The monoisotopic (exact) mass is 305 g/mol. The van der Waals surface area contributed by atoms with E-state index in [1.54, 1.807) is 0 Å². The molecule has 19 heavy (non-hydrogen) atoms. The van der Waals surface area contributed by atoms with E-state index in [9.17, 15) is 8.42 Å². The van der Waals surface area contributed by atoms with Gasteiger partial charge >= 0.3 is 0 Å². The Balaban J connectivity index is 3.31. The lowest BCUT2D eigenvalue weighted by atomic mass is 10.2. The van der Waals surface area contributed by atoms with E-state index >= 15 is 0 Å². The second-order valence-electron chi connectivity index (χ2n) is 4.56. The summed E-state index contributed by atoms with van der Waals surface area (Å²) < 4.78 is 28.7. The van der Waals surface area contributed by atoms with E-state index in [2.05, 4.69) is 23.1 Å². The van der Waals surface area contributed by atoms with Crippen LogP contribution in [0.5, 0.6) is 0 Å². The van der Waals surface area contributed by atoms with Gasteiger partial charge in [-0.1, -0.05) is 13.8 Å². The third-order valence-corrected chi connectivity index (χ3v) is 6.16. The molecule has 0 aliphatic rings. The molecule has 110 valence electrons. The first kappa shape index (κ1) is 16.2. The summed E-state index contributed by atoms with van der Waals surface area (Å²) in [7, 11) is -3.34. The van der Waals surface area contributed by atoms with Crippen LogP contribution in [0.15, 0.2) is 4.90 Å². The fourth-order valence-corrected chi connectivity index (χ4v) is 4.92. The Morgan fingerprint density at radius 3 is 2.47 bits per heavy atom. The van der Waals surface area contributed by atoms with Gasteiger partial charge in [-0.25, -0.2) is 8.42 Å². The summed E-state index contributed by atoms with van der Waals surface area (Å²) in [5.41, 5.74) is 5.79. The normalized spacial score (nSPS) is 13.5. The van der Waals surface area contributed by atoms with Gasteiger partial charge in [0.15, 0.2) is 15.7 Å². The molecule has 1 aromatic heterocycles. The molecule has 1 atom stereocenters. The predicted octanol–water partition coefficient (Wildman–Crippen LogP) is 2.53. The summed E-state index contributed by atoms with van der Waals surface area (Å²) in [6.45, 7) is 8.76. The molecule has 0 saturated heterocycles. The Labute approximate surface area is 119 Å². The van der Waals surface area contributed by atoms with E-state index in [-0.39, 0.29) is 22.5 Å². The van der Waals surface area contributed by atoms with Crippen LogP contribution in [-0.2, 0) is 9.84 Å². The lowest BCUT2D eigenvalue weighted by molar-refractivity contribution is 0.592. The highest BCUT2D eigenvalue weighted by molar-refractivity contribution is 7.91. The molecular weight excluding hydrogens is 282 g/mol. The summed E-state index contributed by atoms with van der Waals surface area (Å²) in [4.78, 5) is 2.29. The van der Waals surface area contributed by atoms with Crippen molar-refractivity contribution >= 4 is 32.2 Å². The van der Waals surface area contributed by atoms with E-state index in [1.807, 2.05) is 13.8 Å². The molecule has 1 heterocycles. The maximum absolute atomic E-state index is 12.3. The molecule has 1 rings (SSSR count). The molecule has 0 aliphatic heterocycles. The fourth-order valence-electron chi connectivity index (χ4n) is 2.01. The number of nitrogens with zero attached hydrogens (tertiary/aromatic N) is 2. The number of rotatable bonds is 7. The van der Waals surface area contributed by atoms with Crippen LogP contribution in [0, 0.1) is 0 Å². The molecule has 7 heteroatoms. The smallest absolute Gasteiger partial charge is 0.185 e. The molecule has 0 fully saturated rings. The highest BCUT2D eigenvalue weighted by Crippen LogP contribution is 2.36. The maximum atomic E-state index is 12.3. The zero-order valence-electron chi connectivity index (χ0n) is 12.0. The van der Waals surface area contributed by atoms with Crippen LogP contribution in [0.2, 0.25) is 0 Å². The van der Waals surface area contributed by atoms with Crippen molar-refractivity contribution in [1.82, 2.24) is 4.37 Å². The Morgan fingerprint density at radius 1 is 1.37 bits per heavy atom. The van der Waals surface area contributed by atoms with Gasteiger partial charge in [0.05, 0.1) is 5.75 Å². The molecule has 0 spiro atoms. The number of hydrogen-bond donors (Lipinski definition) is 1. The molecule has 5 nitrogen and oxygen atoms in total. The Morgan fingerprint density at radius 2 is 2.00 bits per heavy atom. The van der Waals surface area contributed by atoms with E-state index < -0.39 is 9.84 Å². The predicted molar refractivity (Wildman–Crippen MR) is 81.6 cm³/mol. The maximum Gasteiger partial charge on any atom is 0.185 e. The average Bonchev–Trinajstić information content (AvgIpc) is 2.72. The highest BCUT2D eigenvalue weighted by atomic mass is 32.2. The van der Waals surface area contributed by atoms with Crippen molar-refractivity contribution in [3.8, 4) is 0 Å². The van der Waals surface area contributed by atoms with Crippen molar-refractivity contribution < 1.29 is 8.42 Å². The van der Waals surface area contributed by atoms with Gasteiger partial charge in [-0.05, 0) is 38.2 Å². The first-order chi connectivity index (χ1) is 8.88. The van der Waals surface area contributed by atoms with Crippen LogP contribution in [0.4, 0.5) is 10.8 Å². The van der Waals surface area contributed by atoms with Gasteiger partial charge in [0, 0.05) is 12.6 Å². The van der Waals surface area contributed by atoms with Crippen molar-refractivity contribution in [2.24, 2.45) is 0 Å². The van der Waals surface area contributed by atoms with Crippen LogP contribution in [0.3, 0.4) is 0 Å². The minimum atomic E-state index is -3.34. The Bertz CT molecular complexity index is 511. The van der Waals surface area contributed by atoms with Crippen molar-refractivity contribution in [2.45, 2.75) is 51.5 Å². The van der Waals surface area contributed by atoms with Crippen LogP contribution in [-0.4, -0.2) is 31.1 Å². The van der Waals surface area contributed by atoms with Gasteiger partial charge in [0.2, 0.25) is 0 Å². The average molecular weight is 305 g/mol. The van der Waals surface area contributed by atoms with Crippen molar-refractivity contribution in [3.63, 3.8) is 0 Å². The number of nitrogens with two attached hydrogens (primary N) is 1. The lowest BCUT2D eigenvalue weighted by Crippen LogP contribution is -2.32. The van der Waals surface area contributed by atoms with Crippen molar-refractivity contribution in [3.05, 3.63) is 0 Å². The zero-order valence-corrected chi connectivity index (χ0v) is 13.6. The zero-order chi connectivity index (χ0) is 14.6. The van der Waals surface area contributed by atoms with Gasteiger partial charge in [-0.3, -0.25) is 0 Å². The largest absolute Gasteiger partial charge is 0.382 e. The molecule has 0 amide bonds. The van der Waals surface area contributed by atoms with E-state index in [0.29, 0.717) is 11.4 Å². The van der Waals surface area contributed by atoms with Crippen LogP contribution in [0.25, 0.3) is 0 Å². The number of nitrogen functional groups attached to an aromatic ring is 1. The molecule has 0 radical (unpaired) electrons. The standard InChI is InChI=1S/C12H23N3O2S2/c1-5-8-19(16,17)10-11(13)14-18-12(10)15(7-3)9(4)6-2/h9H,5-8H2,1-4H3,(H2,13,14). The molecule has 2 N–H and O–H groups in total. The summed E-state index contributed by atoms with van der Waals surface area (Å²) >= 11 is 1.18. The number of sulfone groups is 1. The van der Waals surface area contributed by atoms with Gasteiger partial charge in [0.25, 0.3) is 0 Å². The van der Waals surface area contributed by atoms with Gasteiger partial charge in [-0.15, -0.1) is 0 Å². The Kier molecular flexibility index (Phi) is 5.61. The molecule has 0 saturated carbocycles. The van der Waals surface area contributed by atoms with E-state index in [4.69, 9.17) is 5.73 Å². The minimum absolute atomic E-state index is 0.112. The van der Waals surface area contributed by atoms with Gasteiger partial charge in [0.1, 0.15) is 9.90 Å². The Hall–Kier alpha value is -0.820. The second-order valence-corrected chi connectivity index (χ2v) is 7.36. The molecule has 1 unspecified atom stereocenters. The first-order valence-corrected chi connectivity index (χ1v) is 9.06. The molecular formula is C12H23N3O2S2. The highest BCUT2D eigenvalue weighted by Gasteiger charge is 2.28. The molecule has 0 aliphatic carbocycles.